The Hall–Kier alpha value is -1.02. The molecule has 88 valence electrons. The molecule has 2 rings (SSSR count). The molecule has 1 unspecified atom stereocenters. The van der Waals surface area contributed by atoms with E-state index < -0.39 is 0 Å². The van der Waals surface area contributed by atoms with Gasteiger partial charge in [0, 0.05) is 6.04 Å². The summed E-state index contributed by atoms with van der Waals surface area (Å²) < 4.78 is 5.72. The number of ether oxygens (including phenoxy) is 1. The van der Waals surface area contributed by atoms with Crippen molar-refractivity contribution in [3.8, 4) is 5.75 Å². The van der Waals surface area contributed by atoms with Gasteiger partial charge >= 0.3 is 0 Å². The first-order valence-electron chi connectivity index (χ1n) is 6.20. The second kappa shape index (κ2) is 4.88. The Morgan fingerprint density at radius 1 is 1.44 bits per heavy atom. The van der Waals surface area contributed by atoms with Crippen molar-refractivity contribution >= 4 is 0 Å². The fourth-order valence-corrected chi connectivity index (χ4v) is 2.71. The summed E-state index contributed by atoms with van der Waals surface area (Å²) in [7, 11) is 2.05. The lowest BCUT2D eigenvalue weighted by molar-refractivity contribution is 0.332. The highest BCUT2D eigenvalue weighted by atomic mass is 16.5. The molecule has 0 aromatic heterocycles. The number of fused-ring (bicyclic) bond motifs is 1. The van der Waals surface area contributed by atoms with Gasteiger partial charge in [0.25, 0.3) is 0 Å². The van der Waals surface area contributed by atoms with E-state index in [4.69, 9.17) is 4.74 Å². The van der Waals surface area contributed by atoms with Gasteiger partial charge in [0.2, 0.25) is 0 Å². The van der Waals surface area contributed by atoms with Gasteiger partial charge in [-0.1, -0.05) is 6.07 Å². The average Bonchev–Trinajstić information content (AvgIpc) is 2.32. The van der Waals surface area contributed by atoms with Crippen LogP contribution in [0.1, 0.15) is 42.5 Å². The molecule has 0 saturated carbocycles. The third kappa shape index (κ3) is 1.94. The molecule has 0 bridgehead atoms. The fourth-order valence-electron chi connectivity index (χ4n) is 2.71. The van der Waals surface area contributed by atoms with Crippen LogP contribution >= 0.6 is 0 Å². The highest BCUT2D eigenvalue weighted by Crippen LogP contribution is 2.37. The fraction of sp³-hybridized carbons (Fsp3) is 0.571. The summed E-state index contributed by atoms with van der Waals surface area (Å²) in [5.41, 5.74) is 4.28. The largest absolute Gasteiger partial charge is 0.494 e. The number of aryl methyl sites for hydroxylation is 1. The van der Waals surface area contributed by atoms with Gasteiger partial charge in [-0.25, -0.2) is 0 Å². The molecule has 2 nitrogen and oxygen atoms in total. The van der Waals surface area contributed by atoms with Crippen molar-refractivity contribution in [2.24, 2.45) is 0 Å². The van der Waals surface area contributed by atoms with Gasteiger partial charge in [0.1, 0.15) is 5.75 Å². The van der Waals surface area contributed by atoms with E-state index in [1.165, 1.54) is 29.5 Å². The predicted molar refractivity (Wildman–Crippen MR) is 67.1 cm³/mol. The van der Waals surface area contributed by atoms with E-state index in [2.05, 4.69) is 24.4 Å². The lowest BCUT2D eigenvalue weighted by atomic mass is 9.84. The number of hydrogen-bond acceptors (Lipinski definition) is 2. The second-order valence-corrected chi connectivity index (χ2v) is 4.44. The molecule has 0 radical (unpaired) electrons. The van der Waals surface area contributed by atoms with Crippen LogP contribution in [0.3, 0.4) is 0 Å². The van der Waals surface area contributed by atoms with Crippen LogP contribution in [0.4, 0.5) is 0 Å². The highest BCUT2D eigenvalue weighted by Gasteiger charge is 2.23. The Balaban J connectivity index is 2.47. The maximum absolute atomic E-state index is 5.72. The molecule has 0 heterocycles. The summed E-state index contributed by atoms with van der Waals surface area (Å²) >= 11 is 0. The Morgan fingerprint density at radius 2 is 2.25 bits per heavy atom. The van der Waals surface area contributed by atoms with Gasteiger partial charge < -0.3 is 10.1 Å². The van der Waals surface area contributed by atoms with Crippen molar-refractivity contribution in [3.63, 3.8) is 0 Å². The van der Waals surface area contributed by atoms with Gasteiger partial charge in [0.05, 0.1) is 6.61 Å². The zero-order chi connectivity index (χ0) is 11.5. The van der Waals surface area contributed by atoms with Gasteiger partial charge in [-0.15, -0.1) is 0 Å². The van der Waals surface area contributed by atoms with E-state index in [0.29, 0.717) is 6.04 Å². The van der Waals surface area contributed by atoms with Crippen LogP contribution in [0, 0.1) is 6.92 Å². The van der Waals surface area contributed by atoms with Crippen molar-refractivity contribution in [2.75, 3.05) is 13.7 Å². The van der Waals surface area contributed by atoms with Gasteiger partial charge in [-0.05, 0) is 62.9 Å². The maximum Gasteiger partial charge on any atom is 0.122 e. The normalized spacial score (nSPS) is 19.3. The van der Waals surface area contributed by atoms with E-state index in [1.807, 2.05) is 14.0 Å². The maximum atomic E-state index is 5.72. The first-order valence-corrected chi connectivity index (χ1v) is 6.20. The quantitative estimate of drug-likeness (QED) is 0.844. The first kappa shape index (κ1) is 11.5. The lowest BCUT2D eigenvalue weighted by Gasteiger charge is -2.28. The zero-order valence-electron chi connectivity index (χ0n) is 10.5. The molecule has 1 N–H and O–H groups in total. The molecular formula is C14H21NO. The van der Waals surface area contributed by atoms with Crippen molar-refractivity contribution in [1.29, 1.82) is 0 Å². The van der Waals surface area contributed by atoms with Crippen molar-refractivity contribution in [2.45, 2.75) is 39.2 Å². The van der Waals surface area contributed by atoms with Crippen LogP contribution < -0.4 is 10.1 Å². The Bertz CT molecular complexity index is 373. The Labute approximate surface area is 98.0 Å². The van der Waals surface area contributed by atoms with E-state index >= 15 is 0 Å². The molecule has 1 aromatic carbocycles. The average molecular weight is 219 g/mol. The standard InChI is InChI=1S/C14H21NO/c1-4-16-13-9-8-10(2)14-11(13)6-5-7-12(14)15-3/h8-9,12,15H,4-7H2,1-3H3. The summed E-state index contributed by atoms with van der Waals surface area (Å²) in [6, 6.07) is 4.80. The second-order valence-electron chi connectivity index (χ2n) is 4.44. The minimum Gasteiger partial charge on any atom is -0.494 e. The van der Waals surface area contributed by atoms with E-state index in [-0.39, 0.29) is 0 Å². The van der Waals surface area contributed by atoms with E-state index in [0.717, 1.165) is 18.8 Å². The summed E-state index contributed by atoms with van der Waals surface area (Å²) in [6.07, 6.45) is 3.65. The van der Waals surface area contributed by atoms with Gasteiger partial charge in [-0.2, -0.15) is 0 Å². The van der Waals surface area contributed by atoms with Crippen LogP contribution in [0.25, 0.3) is 0 Å². The summed E-state index contributed by atoms with van der Waals surface area (Å²) in [5.74, 6) is 1.09. The summed E-state index contributed by atoms with van der Waals surface area (Å²) in [4.78, 5) is 0. The third-order valence-electron chi connectivity index (χ3n) is 3.45. The van der Waals surface area contributed by atoms with Crippen molar-refractivity contribution < 1.29 is 4.74 Å². The van der Waals surface area contributed by atoms with Gasteiger partial charge in [0.15, 0.2) is 0 Å². The molecular weight excluding hydrogens is 198 g/mol. The molecule has 16 heavy (non-hydrogen) atoms. The molecule has 1 aliphatic rings. The molecule has 0 fully saturated rings. The molecule has 0 aliphatic heterocycles. The van der Waals surface area contributed by atoms with Crippen molar-refractivity contribution in [3.05, 3.63) is 28.8 Å². The number of nitrogens with one attached hydrogen (secondary N) is 1. The van der Waals surface area contributed by atoms with Crippen LogP contribution in [0.15, 0.2) is 12.1 Å². The lowest BCUT2D eigenvalue weighted by Crippen LogP contribution is -2.23. The van der Waals surface area contributed by atoms with Crippen LogP contribution in [0.5, 0.6) is 5.75 Å². The van der Waals surface area contributed by atoms with Crippen LogP contribution in [-0.2, 0) is 6.42 Å². The predicted octanol–water partition coefficient (Wildman–Crippen LogP) is 2.99. The number of benzene rings is 1. The molecule has 1 aromatic rings. The SMILES string of the molecule is CCOc1ccc(C)c2c1CCCC2NC. The highest BCUT2D eigenvalue weighted by molar-refractivity contribution is 5.47. The van der Waals surface area contributed by atoms with Crippen molar-refractivity contribution in [1.82, 2.24) is 5.32 Å². The molecule has 0 spiro atoms. The molecule has 0 saturated heterocycles. The number of hydrogen-bond donors (Lipinski definition) is 1. The molecule has 0 amide bonds. The smallest absolute Gasteiger partial charge is 0.122 e. The van der Waals surface area contributed by atoms with E-state index in [1.54, 1.807) is 0 Å². The summed E-state index contributed by atoms with van der Waals surface area (Å²) in [5, 5.41) is 3.41. The van der Waals surface area contributed by atoms with Gasteiger partial charge in [-0.3, -0.25) is 0 Å². The zero-order valence-corrected chi connectivity index (χ0v) is 10.5. The van der Waals surface area contributed by atoms with Crippen LogP contribution in [0.2, 0.25) is 0 Å². The summed E-state index contributed by atoms with van der Waals surface area (Å²) in [6.45, 7) is 4.99. The Kier molecular flexibility index (Phi) is 3.49. The Morgan fingerprint density at radius 3 is 2.94 bits per heavy atom. The topological polar surface area (TPSA) is 21.3 Å². The molecule has 1 aliphatic carbocycles. The molecule has 2 heteroatoms. The third-order valence-corrected chi connectivity index (χ3v) is 3.45. The van der Waals surface area contributed by atoms with E-state index in [9.17, 15) is 0 Å². The number of rotatable bonds is 3. The minimum atomic E-state index is 0.504. The van der Waals surface area contributed by atoms with Crippen LogP contribution in [-0.4, -0.2) is 13.7 Å². The first-order chi connectivity index (χ1) is 7.77. The monoisotopic (exact) mass is 219 g/mol. The molecule has 1 atom stereocenters. The minimum absolute atomic E-state index is 0.504.